The first-order valence-electron chi connectivity index (χ1n) is 6.05. The van der Waals surface area contributed by atoms with Crippen molar-refractivity contribution in [2.45, 2.75) is 32.7 Å². The lowest BCUT2D eigenvalue weighted by Gasteiger charge is -2.26. The third-order valence-corrected chi connectivity index (χ3v) is 3.06. The molecule has 1 amide bonds. The van der Waals surface area contributed by atoms with Gasteiger partial charge in [-0.3, -0.25) is 14.6 Å². The topological polar surface area (TPSA) is 70.5 Å². The van der Waals surface area contributed by atoms with Gasteiger partial charge in [-0.05, 0) is 42.3 Å². The van der Waals surface area contributed by atoms with Crippen LogP contribution in [-0.2, 0) is 4.79 Å². The minimum atomic E-state index is -0.847. The summed E-state index contributed by atoms with van der Waals surface area (Å²) in [4.78, 5) is 28.5. The van der Waals surface area contributed by atoms with Crippen LogP contribution in [0.4, 0.5) is 0 Å². The molecule has 0 unspecified atom stereocenters. The van der Waals surface area contributed by atoms with Crippen LogP contribution in [0.2, 0.25) is 0 Å². The summed E-state index contributed by atoms with van der Waals surface area (Å²) in [5, 5.41) is 8.64. The van der Waals surface area contributed by atoms with Crippen LogP contribution in [0.3, 0.4) is 0 Å². The normalized spacial score (nSPS) is 10.5. The largest absolute Gasteiger partial charge is 0.481 e. The minimum Gasteiger partial charge on any atom is -0.481 e. The number of hydrogen-bond acceptors (Lipinski definition) is 3. The zero-order valence-electron chi connectivity index (χ0n) is 11.0. The van der Waals surface area contributed by atoms with Crippen molar-refractivity contribution < 1.29 is 14.7 Å². The predicted molar refractivity (Wildman–Crippen MR) is 75.0 cm³/mol. The van der Waals surface area contributed by atoms with Gasteiger partial charge in [0.05, 0.1) is 5.56 Å². The summed E-state index contributed by atoms with van der Waals surface area (Å²) in [6, 6.07) is 1.72. The molecular weight excluding hydrogens is 312 g/mol. The number of aliphatic carboxylic acids is 1. The number of carboxylic acid groups (broad SMARTS) is 1. The van der Waals surface area contributed by atoms with E-state index in [9.17, 15) is 9.59 Å². The van der Waals surface area contributed by atoms with Gasteiger partial charge in [0.25, 0.3) is 5.91 Å². The van der Waals surface area contributed by atoms with Crippen molar-refractivity contribution in [2.75, 3.05) is 6.54 Å². The van der Waals surface area contributed by atoms with Crippen LogP contribution in [0.15, 0.2) is 22.9 Å². The molecule has 0 aromatic carbocycles. The van der Waals surface area contributed by atoms with Crippen molar-refractivity contribution in [3.8, 4) is 0 Å². The Hall–Kier alpha value is -1.43. The van der Waals surface area contributed by atoms with Gasteiger partial charge in [-0.1, -0.05) is 0 Å². The van der Waals surface area contributed by atoms with E-state index < -0.39 is 5.97 Å². The van der Waals surface area contributed by atoms with E-state index in [0.29, 0.717) is 18.5 Å². The number of rotatable bonds is 6. The Morgan fingerprint density at radius 3 is 2.63 bits per heavy atom. The average Bonchev–Trinajstić information content (AvgIpc) is 2.33. The van der Waals surface area contributed by atoms with Gasteiger partial charge in [0.15, 0.2) is 0 Å². The number of nitrogens with zero attached hydrogens (tertiary/aromatic N) is 2. The molecule has 0 saturated carbocycles. The second kappa shape index (κ2) is 7.23. The second-order valence-corrected chi connectivity index (χ2v) is 5.40. The first-order valence-corrected chi connectivity index (χ1v) is 6.84. The molecule has 0 saturated heterocycles. The molecule has 0 spiro atoms. The van der Waals surface area contributed by atoms with Gasteiger partial charge in [0.2, 0.25) is 0 Å². The maximum atomic E-state index is 12.3. The number of pyridine rings is 1. The van der Waals surface area contributed by atoms with Crippen LogP contribution in [0, 0.1) is 0 Å². The summed E-state index contributed by atoms with van der Waals surface area (Å²) in [5.41, 5.74) is 0.499. The summed E-state index contributed by atoms with van der Waals surface area (Å²) in [7, 11) is 0. The van der Waals surface area contributed by atoms with Gasteiger partial charge < -0.3 is 10.0 Å². The Labute approximate surface area is 120 Å². The quantitative estimate of drug-likeness (QED) is 0.871. The number of carboxylic acids is 1. The highest BCUT2D eigenvalue weighted by atomic mass is 79.9. The molecule has 1 rings (SSSR count). The number of hydrogen-bond donors (Lipinski definition) is 1. The maximum absolute atomic E-state index is 12.3. The van der Waals surface area contributed by atoms with Crippen LogP contribution in [0.25, 0.3) is 0 Å². The highest BCUT2D eigenvalue weighted by Crippen LogP contribution is 2.14. The van der Waals surface area contributed by atoms with E-state index >= 15 is 0 Å². The maximum Gasteiger partial charge on any atom is 0.303 e. The monoisotopic (exact) mass is 328 g/mol. The van der Waals surface area contributed by atoms with E-state index in [1.165, 1.54) is 6.20 Å². The van der Waals surface area contributed by atoms with E-state index in [1.807, 2.05) is 13.8 Å². The first-order chi connectivity index (χ1) is 8.91. The molecule has 104 valence electrons. The first kappa shape index (κ1) is 15.6. The van der Waals surface area contributed by atoms with Gasteiger partial charge >= 0.3 is 5.97 Å². The molecular formula is C13H17BrN2O3. The highest BCUT2D eigenvalue weighted by molar-refractivity contribution is 9.10. The summed E-state index contributed by atoms with van der Waals surface area (Å²) in [5.74, 6) is -0.977. The predicted octanol–water partition coefficient (Wildman–Crippen LogP) is 2.56. The molecule has 1 heterocycles. The molecule has 0 aliphatic heterocycles. The Bertz CT molecular complexity index is 463. The zero-order valence-corrected chi connectivity index (χ0v) is 12.6. The van der Waals surface area contributed by atoms with Gasteiger partial charge in [-0.2, -0.15) is 0 Å². The van der Waals surface area contributed by atoms with E-state index in [2.05, 4.69) is 20.9 Å². The van der Waals surface area contributed by atoms with Crippen molar-refractivity contribution >= 4 is 27.8 Å². The molecule has 1 aromatic heterocycles. The molecule has 5 nitrogen and oxygen atoms in total. The summed E-state index contributed by atoms with van der Waals surface area (Å²) >= 11 is 3.28. The number of halogens is 1. The van der Waals surface area contributed by atoms with E-state index in [0.717, 1.165) is 4.47 Å². The molecule has 6 heteroatoms. The SMILES string of the molecule is CC(C)N(CCCC(=O)O)C(=O)c1cncc(Br)c1. The highest BCUT2D eigenvalue weighted by Gasteiger charge is 2.19. The Kier molecular flexibility index (Phi) is 5.95. The van der Waals surface area contributed by atoms with E-state index in [-0.39, 0.29) is 18.4 Å². The van der Waals surface area contributed by atoms with Gasteiger partial charge in [-0.25, -0.2) is 0 Å². The van der Waals surface area contributed by atoms with Crippen molar-refractivity contribution in [1.29, 1.82) is 0 Å². The third-order valence-electron chi connectivity index (χ3n) is 2.63. The average molecular weight is 329 g/mol. The van der Waals surface area contributed by atoms with E-state index in [1.54, 1.807) is 17.2 Å². The smallest absolute Gasteiger partial charge is 0.303 e. The number of carbonyl (C=O) groups excluding carboxylic acids is 1. The fourth-order valence-electron chi connectivity index (χ4n) is 1.69. The lowest BCUT2D eigenvalue weighted by atomic mass is 10.2. The van der Waals surface area contributed by atoms with Crippen LogP contribution in [0.5, 0.6) is 0 Å². The second-order valence-electron chi connectivity index (χ2n) is 4.48. The van der Waals surface area contributed by atoms with Crippen molar-refractivity contribution in [1.82, 2.24) is 9.88 Å². The molecule has 19 heavy (non-hydrogen) atoms. The molecule has 0 aliphatic rings. The van der Waals surface area contributed by atoms with Crippen molar-refractivity contribution in [3.63, 3.8) is 0 Å². The Morgan fingerprint density at radius 2 is 2.11 bits per heavy atom. The third kappa shape index (κ3) is 4.98. The van der Waals surface area contributed by atoms with Gasteiger partial charge in [-0.15, -0.1) is 0 Å². The minimum absolute atomic E-state index is 0.0141. The summed E-state index contributed by atoms with van der Waals surface area (Å²) < 4.78 is 0.743. The molecule has 0 atom stereocenters. The summed E-state index contributed by atoms with van der Waals surface area (Å²) in [6.07, 6.45) is 3.63. The fraction of sp³-hybridized carbons (Fsp3) is 0.462. The van der Waals surface area contributed by atoms with Crippen LogP contribution in [0.1, 0.15) is 37.0 Å². The Balaban J connectivity index is 2.75. The van der Waals surface area contributed by atoms with Crippen molar-refractivity contribution in [2.24, 2.45) is 0 Å². The van der Waals surface area contributed by atoms with E-state index in [4.69, 9.17) is 5.11 Å². The standard InChI is InChI=1S/C13H17BrN2O3/c1-9(2)16(5-3-4-12(17)18)13(19)10-6-11(14)8-15-7-10/h6-9H,3-5H2,1-2H3,(H,17,18). The van der Waals surface area contributed by atoms with Gasteiger partial charge in [0, 0.05) is 35.9 Å². The fourth-order valence-corrected chi connectivity index (χ4v) is 2.05. The summed E-state index contributed by atoms with van der Waals surface area (Å²) in [6.45, 7) is 4.24. The molecule has 0 radical (unpaired) electrons. The molecule has 0 aliphatic carbocycles. The van der Waals surface area contributed by atoms with Crippen LogP contribution < -0.4 is 0 Å². The zero-order chi connectivity index (χ0) is 14.4. The van der Waals surface area contributed by atoms with Crippen LogP contribution in [-0.4, -0.2) is 39.5 Å². The Morgan fingerprint density at radius 1 is 1.42 bits per heavy atom. The number of aromatic nitrogens is 1. The van der Waals surface area contributed by atoms with Crippen LogP contribution >= 0.6 is 15.9 Å². The van der Waals surface area contributed by atoms with Crippen molar-refractivity contribution in [3.05, 3.63) is 28.5 Å². The lowest BCUT2D eigenvalue weighted by molar-refractivity contribution is -0.137. The molecule has 1 N–H and O–H groups in total. The lowest BCUT2D eigenvalue weighted by Crippen LogP contribution is -2.38. The molecule has 0 fully saturated rings. The number of carbonyl (C=O) groups is 2. The molecule has 1 aromatic rings. The molecule has 0 bridgehead atoms. The van der Waals surface area contributed by atoms with Gasteiger partial charge in [0.1, 0.15) is 0 Å². The number of amides is 1.